The fraction of sp³-hybridized carbons (Fsp3) is 0.278. The summed E-state index contributed by atoms with van der Waals surface area (Å²) in [5.41, 5.74) is 19.9. The molecule has 6 N–H and O–H groups in total. The second-order valence-corrected chi connectivity index (χ2v) is 6.88. The fourth-order valence-corrected chi connectivity index (χ4v) is 3.81. The van der Waals surface area contributed by atoms with Gasteiger partial charge in [0.2, 0.25) is 0 Å². The normalized spacial score (nSPS) is 20.1. The highest BCUT2D eigenvalue weighted by Gasteiger charge is 2.32. The van der Waals surface area contributed by atoms with E-state index < -0.39 is 0 Å². The van der Waals surface area contributed by atoms with Gasteiger partial charge in [0, 0.05) is 42.9 Å². The van der Waals surface area contributed by atoms with Gasteiger partial charge in [0.05, 0.1) is 11.6 Å². The van der Waals surface area contributed by atoms with Crippen LogP contribution in [0, 0.1) is 0 Å². The molecule has 2 aromatic rings. The first-order valence-corrected chi connectivity index (χ1v) is 8.63. The maximum atomic E-state index is 6.70. The van der Waals surface area contributed by atoms with Crippen LogP contribution >= 0.6 is 0 Å². The molecule has 0 aliphatic carbocycles. The number of hydrogen-bond acceptors (Lipinski definition) is 5. The minimum Gasteiger partial charge on any atom is -0.400 e. The van der Waals surface area contributed by atoms with E-state index in [0.29, 0.717) is 0 Å². The van der Waals surface area contributed by atoms with Gasteiger partial charge in [-0.3, -0.25) is 5.10 Å². The lowest BCUT2D eigenvalue weighted by atomic mass is 9.77. The average molecular weight is 334 g/mol. The third kappa shape index (κ3) is 2.56. The Morgan fingerprint density at radius 1 is 1.28 bits per heavy atom. The Morgan fingerprint density at radius 3 is 2.92 bits per heavy atom. The molecule has 0 spiro atoms. The molecule has 0 saturated heterocycles. The van der Waals surface area contributed by atoms with Crippen LogP contribution in [0.5, 0.6) is 0 Å². The van der Waals surface area contributed by atoms with Gasteiger partial charge in [-0.25, -0.2) is 0 Å². The van der Waals surface area contributed by atoms with E-state index in [1.807, 2.05) is 26.2 Å². The lowest BCUT2D eigenvalue weighted by Gasteiger charge is -2.32. The zero-order chi connectivity index (χ0) is 17.6. The molecular weight excluding hydrogens is 311 g/mol. The van der Waals surface area contributed by atoms with Crippen molar-refractivity contribution < 1.29 is 0 Å². The van der Waals surface area contributed by atoms with Crippen molar-refractivity contribution in [3.05, 3.63) is 58.7 Å². The van der Waals surface area contributed by atoms with E-state index in [2.05, 4.69) is 39.7 Å². The van der Waals surface area contributed by atoms with E-state index in [9.17, 15) is 0 Å². The number of benzene rings is 1. The molecule has 3 heterocycles. The predicted molar refractivity (Wildman–Crippen MR) is 104 cm³/mol. The van der Waals surface area contributed by atoms with Gasteiger partial charge >= 0.3 is 0 Å². The van der Waals surface area contributed by atoms with Crippen molar-refractivity contribution in [1.29, 1.82) is 0 Å². The summed E-state index contributed by atoms with van der Waals surface area (Å²) >= 11 is 0. The average Bonchev–Trinajstić information content (AvgIpc) is 3.05. The van der Waals surface area contributed by atoms with Crippen molar-refractivity contribution in [3.63, 3.8) is 0 Å². The predicted octanol–water partition coefficient (Wildman–Crippen LogP) is 0.587. The molecule has 25 heavy (non-hydrogen) atoms. The molecule has 2 aliphatic rings. The van der Waals surface area contributed by atoms with Gasteiger partial charge in [0.25, 0.3) is 0 Å². The van der Waals surface area contributed by atoms with Crippen LogP contribution in [0.2, 0.25) is 0 Å². The van der Waals surface area contributed by atoms with Gasteiger partial charge in [-0.15, -0.1) is 0 Å². The van der Waals surface area contributed by atoms with Crippen LogP contribution in [0.1, 0.15) is 29.9 Å². The number of fused-ring (bicyclic) bond motifs is 1. The Hall–Kier alpha value is -2.83. The minimum atomic E-state index is -0.0540. The number of anilines is 2. The number of nitrogen functional groups attached to an aromatic ring is 1. The Balaban J connectivity index is 1.88. The summed E-state index contributed by atoms with van der Waals surface area (Å²) in [6.45, 7) is 1.07. The van der Waals surface area contributed by atoms with Gasteiger partial charge in [-0.1, -0.05) is 17.6 Å². The van der Waals surface area contributed by atoms with Crippen molar-refractivity contribution >= 4 is 24.8 Å². The van der Waals surface area contributed by atoms with E-state index in [1.54, 1.807) is 0 Å². The number of H-pyrrole nitrogens is 1. The fourth-order valence-electron chi connectivity index (χ4n) is 3.81. The van der Waals surface area contributed by atoms with E-state index in [0.717, 1.165) is 58.9 Å². The summed E-state index contributed by atoms with van der Waals surface area (Å²) in [6, 6.07) is 6.01. The molecule has 128 valence electrons. The van der Waals surface area contributed by atoms with Crippen LogP contribution in [-0.4, -0.2) is 36.5 Å². The van der Waals surface area contributed by atoms with Crippen LogP contribution < -0.4 is 22.2 Å². The number of nitrogens with one attached hydrogen (secondary N) is 2. The standard InChI is InChI=1S/C18H23BN6/c1-25-7-3-4-10(9-25)17-16(21)14(12-8-22-24-18(12)23-17)11-5-2-6-13(20)15(11)19/h2,5-6,8-9,14H,3-4,7,19-21H2,1H3,(H2,22,23,24). The second-order valence-electron chi connectivity index (χ2n) is 6.88. The van der Waals surface area contributed by atoms with Crippen LogP contribution in [0.3, 0.4) is 0 Å². The Labute approximate surface area is 148 Å². The SMILES string of the molecule is Bc1c(N)cccc1C1C(N)=C(C2=CN(C)CCC2)Nc2n[nH]cc21. The van der Waals surface area contributed by atoms with Crippen LogP contribution in [-0.2, 0) is 0 Å². The van der Waals surface area contributed by atoms with E-state index in [4.69, 9.17) is 11.5 Å². The van der Waals surface area contributed by atoms with Gasteiger partial charge in [0.15, 0.2) is 5.82 Å². The molecule has 6 nitrogen and oxygen atoms in total. The van der Waals surface area contributed by atoms with Crippen molar-refractivity contribution in [2.24, 2.45) is 5.73 Å². The number of aromatic nitrogens is 2. The molecule has 0 bridgehead atoms. The van der Waals surface area contributed by atoms with Crippen molar-refractivity contribution in [1.82, 2.24) is 15.1 Å². The molecule has 1 atom stereocenters. The smallest absolute Gasteiger partial charge is 0.156 e. The zero-order valence-electron chi connectivity index (χ0n) is 14.6. The number of nitrogens with two attached hydrogens (primary N) is 2. The summed E-state index contributed by atoms with van der Waals surface area (Å²) < 4.78 is 0. The van der Waals surface area contributed by atoms with Crippen LogP contribution in [0.4, 0.5) is 11.5 Å². The third-order valence-electron chi connectivity index (χ3n) is 5.21. The highest BCUT2D eigenvalue weighted by Crippen LogP contribution is 2.40. The second kappa shape index (κ2) is 5.91. The summed E-state index contributed by atoms with van der Waals surface area (Å²) in [6.07, 6.45) is 6.23. The minimum absolute atomic E-state index is 0.0540. The maximum Gasteiger partial charge on any atom is 0.156 e. The summed E-state index contributed by atoms with van der Waals surface area (Å²) in [7, 11) is 4.14. The molecule has 0 fully saturated rings. The van der Waals surface area contributed by atoms with Crippen molar-refractivity contribution in [2.45, 2.75) is 18.8 Å². The molecule has 1 aromatic heterocycles. The lowest BCUT2D eigenvalue weighted by molar-refractivity contribution is 0.418. The van der Waals surface area contributed by atoms with E-state index in [1.165, 1.54) is 5.57 Å². The highest BCUT2D eigenvalue weighted by atomic mass is 15.2. The molecule has 0 amide bonds. The molecule has 2 aliphatic heterocycles. The summed E-state index contributed by atoms with van der Waals surface area (Å²) in [5.74, 6) is 0.784. The number of aromatic amines is 1. The highest BCUT2D eigenvalue weighted by molar-refractivity contribution is 6.36. The van der Waals surface area contributed by atoms with Gasteiger partial charge < -0.3 is 21.7 Å². The first-order valence-electron chi connectivity index (χ1n) is 8.63. The molecule has 7 heteroatoms. The van der Waals surface area contributed by atoms with Gasteiger partial charge in [0.1, 0.15) is 7.85 Å². The monoisotopic (exact) mass is 334 g/mol. The largest absolute Gasteiger partial charge is 0.400 e. The Kier molecular flexibility index (Phi) is 3.71. The molecule has 1 aromatic carbocycles. The molecule has 1 unspecified atom stereocenters. The van der Waals surface area contributed by atoms with Gasteiger partial charge in [-0.05, 0) is 30.0 Å². The van der Waals surface area contributed by atoms with E-state index in [-0.39, 0.29) is 5.92 Å². The maximum absolute atomic E-state index is 6.70. The summed E-state index contributed by atoms with van der Waals surface area (Å²) in [5, 5.41) is 10.8. The lowest BCUT2D eigenvalue weighted by Crippen LogP contribution is -2.30. The molecule has 0 saturated carbocycles. The summed E-state index contributed by atoms with van der Waals surface area (Å²) in [4.78, 5) is 2.21. The zero-order valence-corrected chi connectivity index (χ0v) is 14.6. The molecule has 4 rings (SSSR count). The first-order chi connectivity index (χ1) is 12.1. The first kappa shape index (κ1) is 15.7. The molecule has 0 radical (unpaired) electrons. The number of hydrogen-bond donors (Lipinski definition) is 4. The number of allylic oxidation sites excluding steroid dienone is 2. The van der Waals surface area contributed by atoms with Crippen molar-refractivity contribution in [2.75, 3.05) is 24.6 Å². The quantitative estimate of drug-likeness (QED) is 0.476. The molecular formula is C18H23BN6. The number of nitrogens with zero attached hydrogens (tertiary/aromatic N) is 2. The number of rotatable bonds is 2. The van der Waals surface area contributed by atoms with Gasteiger partial charge in [-0.2, -0.15) is 5.10 Å². The van der Waals surface area contributed by atoms with Crippen molar-refractivity contribution in [3.8, 4) is 0 Å². The topological polar surface area (TPSA) is 96.0 Å². The third-order valence-corrected chi connectivity index (χ3v) is 5.21. The van der Waals surface area contributed by atoms with Crippen LogP contribution in [0.15, 0.2) is 47.6 Å². The Morgan fingerprint density at radius 2 is 2.12 bits per heavy atom. The van der Waals surface area contributed by atoms with Crippen LogP contribution in [0.25, 0.3) is 0 Å². The Bertz CT molecular complexity index is 881. The van der Waals surface area contributed by atoms with E-state index >= 15 is 0 Å².